The van der Waals surface area contributed by atoms with E-state index in [0.717, 1.165) is 37.4 Å². The molecule has 0 spiro atoms. The van der Waals surface area contributed by atoms with E-state index in [0.29, 0.717) is 0 Å². The van der Waals surface area contributed by atoms with Crippen molar-refractivity contribution in [1.82, 2.24) is 29.4 Å². The third-order valence-corrected chi connectivity index (χ3v) is 5.88. The third kappa shape index (κ3) is 4.38. The van der Waals surface area contributed by atoms with Crippen molar-refractivity contribution in [2.45, 2.75) is 64.1 Å². The first-order valence-corrected chi connectivity index (χ1v) is 10.5. The van der Waals surface area contributed by atoms with Gasteiger partial charge in [-0.25, -0.2) is 8.78 Å². The van der Waals surface area contributed by atoms with Crippen LogP contribution in [0.2, 0.25) is 0 Å². The fourth-order valence-electron chi connectivity index (χ4n) is 4.20. The number of carbonyl (C=O) groups is 1. The van der Waals surface area contributed by atoms with Crippen LogP contribution in [-0.4, -0.2) is 30.0 Å². The van der Waals surface area contributed by atoms with Crippen molar-refractivity contribution in [3.05, 3.63) is 46.1 Å². The van der Waals surface area contributed by atoms with Gasteiger partial charge in [-0.15, -0.1) is 0 Å². The highest BCUT2D eigenvalue weighted by atomic mass is 19.3. The summed E-state index contributed by atoms with van der Waals surface area (Å²) in [6, 6.07) is 2.65. The predicted molar refractivity (Wildman–Crippen MR) is 111 cm³/mol. The average Bonchev–Trinajstić information content (AvgIpc) is 3.46. The molecule has 166 valence electrons. The number of halogens is 2. The number of fused-ring (bicyclic) bond motifs is 1. The molecule has 3 heterocycles. The van der Waals surface area contributed by atoms with Gasteiger partial charge in [0.1, 0.15) is 0 Å². The standard InChI is InChI=1S/C21H26F2N6O2/c1-13(17-7-9-27(2)25-17)24-18(30)8-10-28-19(31)11-15(20(22)23)16-12-29(26-21(16)28)14-5-3-4-6-14/h7,9,11-14,20H,3-6,8,10H2,1-2H3,(H,24,30). The molecule has 3 aromatic heterocycles. The van der Waals surface area contributed by atoms with Gasteiger partial charge in [-0.2, -0.15) is 10.2 Å². The molecular formula is C21H26F2N6O2. The van der Waals surface area contributed by atoms with Crippen molar-refractivity contribution in [2.24, 2.45) is 7.05 Å². The van der Waals surface area contributed by atoms with Gasteiger partial charge in [0.15, 0.2) is 5.65 Å². The minimum Gasteiger partial charge on any atom is -0.348 e. The lowest BCUT2D eigenvalue weighted by Gasteiger charge is -2.13. The van der Waals surface area contributed by atoms with Crippen LogP contribution in [0.3, 0.4) is 0 Å². The summed E-state index contributed by atoms with van der Waals surface area (Å²) in [5.74, 6) is -0.258. The first-order chi connectivity index (χ1) is 14.8. The SMILES string of the molecule is CC(NC(=O)CCn1c(=O)cc(C(F)F)c2cn(C3CCCC3)nc21)c1ccn(C)n1. The molecule has 1 fully saturated rings. The summed E-state index contributed by atoms with van der Waals surface area (Å²) in [7, 11) is 1.80. The molecule has 1 atom stereocenters. The van der Waals surface area contributed by atoms with E-state index >= 15 is 0 Å². The second kappa shape index (κ2) is 8.60. The number of nitrogens with zero attached hydrogens (tertiary/aromatic N) is 5. The second-order valence-electron chi connectivity index (χ2n) is 8.13. The fraction of sp³-hybridized carbons (Fsp3) is 0.524. The van der Waals surface area contributed by atoms with Crippen LogP contribution in [0.5, 0.6) is 0 Å². The molecule has 1 N–H and O–H groups in total. The van der Waals surface area contributed by atoms with Crippen LogP contribution in [-0.2, 0) is 18.4 Å². The molecule has 4 rings (SSSR count). The molecule has 31 heavy (non-hydrogen) atoms. The van der Waals surface area contributed by atoms with Gasteiger partial charge in [-0.1, -0.05) is 12.8 Å². The van der Waals surface area contributed by atoms with Crippen molar-refractivity contribution in [3.63, 3.8) is 0 Å². The number of hydrogen-bond donors (Lipinski definition) is 1. The van der Waals surface area contributed by atoms with E-state index in [1.807, 2.05) is 13.0 Å². The number of pyridine rings is 1. The van der Waals surface area contributed by atoms with Crippen molar-refractivity contribution in [2.75, 3.05) is 0 Å². The number of aryl methyl sites for hydroxylation is 2. The summed E-state index contributed by atoms with van der Waals surface area (Å²) in [6.45, 7) is 1.88. The zero-order valence-electron chi connectivity index (χ0n) is 17.6. The molecule has 10 heteroatoms. The number of amides is 1. The molecule has 0 radical (unpaired) electrons. The van der Waals surface area contributed by atoms with Crippen LogP contribution in [0, 0.1) is 0 Å². The molecule has 1 aliphatic rings. The lowest BCUT2D eigenvalue weighted by molar-refractivity contribution is -0.122. The average molecular weight is 432 g/mol. The van der Waals surface area contributed by atoms with Crippen LogP contribution in [0.1, 0.15) is 68.8 Å². The Morgan fingerprint density at radius 1 is 1.29 bits per heavy atom. The van der Waals surface area contributed by atoms with Gasteiger partial charge in [0.05, 0.1) is 17.8 Å². The number of nitrogens with one attached hydrogen (secondary N) is 1. The van der Waals surface area contributed by atoms with Crippen LogP contribution < -0.4 is 10.9 Å². The lowest BCUT2D eigenvalue weighted by Crippen LogP contribution is -2.30. The smallest absolute Gasteiger partial charge is 0.264 e. The van der Waals surface area contributed by atoms with E-state index in [4.69, 9.17) is 0 Å². The van der Waals surface area contributed by atoms with Crippen LogP contribution in [0.15, 0.2) is 29.3 Å². The molecular weight excluding hydrogens is 406 g/mol. The number of rotatable bonds is 7. The highest BCUT2D eigenvalue weighted by Crippen LogP contribution is 2.32. The molecule has 0 bridgehead atoms. The highest BCUT2D eigenvalue weighted by Gasteiger charge is 2.23. The van der Waals surface area contributed by atoms with Gasteiger partial charge < -0.3 is 5.32 Å². The largest absolute Gasteiger partial charge is 0.348 e. The maximum Gasteiger partial charge on any atom is 0.264 e. The summed E-state index contributed by atoms with van der Waals surface area (Å²) in [5.41, 5.74) is 0.0473. The van der Waals surface area contributed by atoms with Crippen LogP contribution >= 0.6 is 0 Å². The zero-order valence-corrected chi connectivity index (χ0v) is 17.6. The molecule has 3 aromatic rings. The minimum atomic E-state index is -2.77. The summed E-state index contributed by atoms with van der Waals surface area (Å²) in [6.07, 6.45) is 4.69. The predicted octanol–water partition coefficient (Wildman–Crippen LogP) is 3.25. The number of aromatic nitrogens is 5. The Labute approximate surface area is 177 Å². The number of alkyl halides is 2. The minimum absolute atomic E-state index is 0.0243. The number of hydrogen-bond acceptors (Lipinski definition) is 4. The Morgan fingerprint density at radius 2 is 2.03 bits per heavy atom. The summed E-state index contributed by atoms with van der Waals surface area (Å²) in [5, 5.41) is 11.9. The lowest BCUT2D eigenvalue weighted by atomic mass is 10.2. The Morgan fingerprint density at radius 3 is 2.68 bits per heavy atom. The Kier molecular flexibility index (Phi) is 5.88. The van der Waals surface area contributed by atoms with E-state index in [1.165, 1.54) is 4.57 Å². The van der Waals surface area contributed by atoms with E-state index < -0.39 is 12.0 Å². The van der Waals surface area contributed by atoms with Crippen molar-refractivity contribution in [3.8, 4) is 0 Å². The molecule has 1 amide bonds. The van der Waals surface area contributed by atoms with Crippen molar-refractivity contribution in [1.29, 1.82) is 0 Å². The fourth-order valence-corrected chi connectivity index (χ4v) is 4.20. The zero-order chi connectivity index (χ0) is 22.1. The first-order valence-electron chi connectivity index (χ1n) is 10.5. The molecule has 0 saturated heterocycles. The van der Waals surface area contributed by atoms with Gasteiger partial charge in [0, 0.05) is 49.4 Å². The molecule has 0 aromatic carbocycles. The Hall–Kier alpha value is -3.04. The van der Waals surface area contributed by atoms with Gasteiger partial charge in [-0.05, 0) is 25.8 Å². The highest BCUT2D eigenvalue weighted by molar-refractivity contribution is 5.80. The molecule has 1 unspecified atom stereocenters. The molecule has 1 saturated carbocycles. The Bertz CT molecular complexity index is 1140. The van der Waals surface area contributed by atoms with Crippen molar-refractivity contribution < 1.29 is 13.6 Å². The Balaban J connectivity index is 1.56. The van der Waals surface area contributed by atoms with Gasteiger partial charge in [0.2, 0.25) is 5.91 Å². The second-order valence-corrected chi connectivity index (χ2v) is 8.13. The quantitative estimate of drug-likeness (QED) is 0.621. The summed E-state index contributed by atoms with van der Waals surface area (Å²) in [4.78, 5) is 25.0. The van der Waals surface area contributed by atoms with Crippen LogP contribution in [0.4, 0.5) is 8.78 Å². The summed E-state index contributed by atoms with van der Waals surface area (Å²) < 4.78 is 31.8. The van der Waals surface area contributed by atoms with E-state index in [-0.39, 0.29) is 47.6 Å². The topological polar surface area (TPSA) is 86.7 Å². The first kappa shape index (κ1) is 21.2. The van der Waals surface area contributed by atoms with Crippen molar-refractivity contribution >= 4 is 16.9 Å². The summed E-state index contributed by atoms with van der Waals surface area (Å²) >= 11 is 0. The molecule has 0 aliphatic heterocycles. The van der Waals surface area contributed by atoms with E-state index in [2.05, 4.69) is 15.5 Å². The maximum atomic E-state index is 13.6. The van der Waals surface area contributed by atoms with Crippen LogP contribution in [0.25, 0.3) is 11.0 Å². The van der Waals surface area contributed by atoms with E-state index in [9.17, 15) is 18.4 Å². The van der Waals surface area contributed by atoms with Gasteiger partial charge >= 0.3 is 0 Å². The normalized spacial score (nSPS) is 15.8. The van der Waals surface area contributed by atoms with E-state index in [1.54, 1.807) is 28.8 Å². The molecule has 1 aliphatic carbocycles. The molecule has 8 nitrogen and oxygen atoms in total. The monoisotopic (exact) mass is 432 g/mol. The maximum absolute atomic E-state index is 13.6. The van der Waals surface area contributed by atoms with Gasteiger partial charge in [0.25, 0.3) is 12.0 Å². The van der Waals surface area contributed by atoms with Gasteiger partial charge in [-0.3, -0.25) is 23.5 Å². The third-order valence-electron chi connectivity index (χ3n) is 5.88. The number of carbonyl (C=O) groups excluding carboxylic acids is 1.